The van der Waals surface area contributed by atoms with Gasteiger partial charge in [0.25, 0.3) is 0 Å². The van der Waals surface area contributed by atoms with E-state index in [4.69, 9.17) is 0 Å². The molecule has 2 heterocycles. The summed E-state index contributed by atoms with van der Waals surface area (Å²) in [6.07, 6.45) is -2.42. The number of piperazine rings is 1. The summed E-state index contributed by atoms with van der Waals surface area (Å²) < 4.78 is 38.5. The number of hydrogen-bond donors (Lipinski definition) is 1. The van der Waals surface area contributed by atoms with Crippen molar-refractivity contribution in [3.63, 3.8) is 0 Å². The molecule has 5 nitrogen and oxygen atoms in total. The first kappa shape index (κ1) is 24.4. The molecule has 0 radical (unpaired) electrons. The maximum absolute atomic E-state index is 12.8. The number of nitrogens with one attached hydrogen (secondary N) is 1. The number of guanidine groups is 1. The highest BCUT2D eigenvalue weighted by molar-refractivity contribution is 14.0. The lowest BCUT2D eigenvalue weighted by Gasteiger charge is -2.39. The molecule has 0 spiro atoms. The van der Waals surface area contributed by atoms with Crippen LogP contribution < -0.4 is 5.32 Å². The Kier molecular flexibility index (Phi) is 9.76. The minimum Gasteiger partial charge on any atom is -0.356 e. The lowest BCUT2D eigenvalue weighted by atomic mass is 10.2. The van der Waals surface area contributed by atoms with Crippen LogP contribution in [0.2, 0.25) is 0 Å². The second kappa shape index (κ2) is 10.8. The quantitative estimate of drug-likeness (QED) is 0.369. The van der Waals surface area contributed by atoms with Crippen LogP contribution in [-0.2, 0) is 12.8 Å². The molecule has 1 aromatic rings. The van der Waals surface area contributed by atoms with Gasteiger partial charge in [-0.2, -0.15) is 13.2 Å². The van der Waals surface area contributed by atoms with Crippen LogP contribution in [0, 0.1) is 6.92 Å². The second-order valence-electron chi connectivity index (χ2n) is 6.43. The van der Waals surface area contributed by atoms with Crippen molar-refractivity contribution in [2.45, 2.75) is 45.8 Å². The van der Waals surface area contributed by atoms with Crippen molar-refractivity contribution in [2.24, 2.45) is 4.99 Å². The zero-order valence-electron chi connectivity index (χ0n) is 16.3. The van der Waals surface area contributed by atoms with Gasteiger partial charge >= 0.3 is 6.18 Å². The third-order valence-electron chi connectivity index (χ3n) is 4.74. The van der Waals surface area contributed by atoms with Crippen LogP contribution in [-0.4, -0.2) is 72.7 Å². The van der Waals surface area contributed by atoms with Gasteiger partial charge in [-0.15, -0.1) is 35.3 Å². The SMILES string of the molecule is CCc1nc(CCNC(=NC)N2CCN(C(C)C(F)(F)F)CC2)sc1C.I. The smallest absolute Gasteiger partial charge is 0.356 e. The van der Waals surface area contributed by atoms with Crippen molar-refractivity contribution in [2.75, 3.05) is 39.8 Å². The maximum atomic E-state index is 12.8. The van der Waals surface area contributed by atoms with Gasteiger partial charge < -0.3 is 10.2 Å². The van der Waals surface area contributed by atoms with Gasteiger partial charge in [-0.1, -0.05) is 6.92 Å². The lowest BCUT2D eigenvalue weighted by molar-refractivity contribution is -0.181. The third kappa shape index (κ3) is 6.74. The van der Waals surface area contributed by atoms with Crippen LogP contribution in [0.25, 0.3) is 0 Å². The van der Waals surface area contributed by atoms with Crippen molar-refractivity contribution < 1.29 is 13.2 Å². The molecule has 1 fully saturated rings. The monoisotopic (exact) mass is 519 g/mol. The zero-order valence-corrected chi connectivity index (χ0v) is 19.4. The van der Waals surface area contributed by atoms with Gasteiger partial charge in [-0.25, -0.2) is 4.98 Å². The van der Waals surface area contributed by atoms with Crippen molar-refractivity contribution in [3.05, 3.63) is 15.6 Å². The zero-order chi connectivity index (χ0) is 19.3. The summed E-state index contributed by atoms with van der Waals surface area (Å²) in [6.45, 7) is 7.97. The summed E-state index contributed by atoms with van der Waals surface area (Å²) in [7, 11) is 1.70. The van der Waals surface area contributed by atoms with E-state index in [9.17, 15) is 13.2 Å². The fraction of sp³-hybridized carbons (Fsp3) is 0.765. The number of hydrogen-bond acceptors (Lipinski definition) is 4. The van der Waals surface area contributed by atoms with E-state index in [1.165, 1.54) is 16.7 Å². The number of aryl methyl sites for hydroxylation is 2. The predicted octanol–water partition coefficient (Wildman–Crippen LogP) is 3.32. The molecule has 1 N–H and O–H groups in total. The summed E-state index contributed by atoms with van der Waals surface area (Å²) in [4.78, 5) is 13.7. The van der Waals surface area contributed by atoms with Crippen molar-refractivity contribution in [1.29, 1.82) is 0 Å². The molecule has 0 aromatic carbocycles. The molecule has 0 bridgehead atoms. The number of aliphatic imine (C=N–C) groups is 1. The summed E-state index contributed by atoms with van der Waals surface area (Å²) in [6, 6.07) is -1.40. The molecule has 0 saturated carbocycles. The molecule has 0 amide bonds. The molecule has 0 aliphatic carbocycles. The summed E-state index contributed by atoms with van der Waals surface area (Å²) in [5, 5.41) is 4.41. The molecule has 2 rings (SSSR count). The fourth-order valence-corrected chi connectivity index (χ4v) is 4.09. The van der Waals surface area contributed by atoms with Crippen molar-refractivity contribution in [3.8, 4) is 0 Å². The van der Waals surface area contributed by atoms with Gasteiger partial charge in [0, 0.05) is 51.1 Å². The molecule has 156 valence electrons. The Hall–Kier alpha value is -0.620. The van der Waals surface area contributed by atoms with E-state index in [2.05, 4.69) is 29.1 Å². The molecular formula is C17H29F3IN5S. The molecule has 27 heavy (non-hydrogen) atoms. The number of nitrogens with zero attached hydrogens (tertiary/aromatic N) is 4. The Bertz CT molecular complexity index is 612. The Morgan fingerprint density at radius 3 is 2.41 bits per heavy atom. The van der Waals surface area contributed by atoms with E-state index in [-0.39, 0.29) is 24.0 Å². The van der Waals surface area contributed by atoms with E-state index in [0.29, 0.717) is 32.7 Å². The first-order valence-corrected chi connectivity index (χ1v) is 9.79. The Balaban J connectivity index is 0.00000364. The minimum absolute atomic E-state index is 0. The highest BCUT2D eigenvalue weighted by Gasteiger charge is 2.41. The summed E-state index contributed by atoms with van der Waals surface area (Å²) in [5.41, 5.74) is 1.16. The van der Waals surface area contributed by atoms with Crippen LogP contribution >= 0.6 is 35.3 Å². The number of aromatic nitrogens is 1. The highest BCUT2D eigenvalue weighted by atomic mass is 127. The Morgan fingerprint density at radius 2 is 1.93 bits per heavy atom. The van der Waals surface area contributed by atoms with Gasteiger partial charge in [0.2, 0.25) is 0 Å². The molecule has 1 aromatic heterocycles. The van der Waals surface area contributed by atoms with Gasteiger partial charge in [-0.3, -0.25) is 9.89 Å². The number of thiazole rings is 1. The number of alkyl halides is 3. The largest absolute Gasteiger partial charge is 0.403 e. The molecule has 1 aliphatic heterocycles. The Labute approximate surface area is 180 Å². The summed E-state index contributed by atoms with van der Waals surface area (Å²) >= 11 is 1.72. The van der Waals surface area contributed by atoms with Gasteiger partial charge in [-0.05, 0) is 20.3 Å². The van der Waals surface area contributed by atoms with Crippen molar-refractivity contribution in [1.82, 2.24) is 20.1 Å². The van der Waals surface area contributed by atoms with Crippen molar-refractivity contribution >= 4 is 41.3 Å². The maximum Gasteiger partial charge on any atom is 0.403 e. The average molecular weight is 519 g/mol. The van der Waals surface area contributed by atoms with Crippen LogP contribution in [0.3, 0.4) is 0 Å². The molecule has 1 saturated heterocycles. The van der Waals surface area contributed by atoms with E-state index in [0.717, 1.165) is 29.5 Å². The second-order valence-corrected chi connectivity index (χ2v) is 7.72. The fourth-order valence-electron chi connectivity index (χ4n) is 3.06. The average Bonchev–Trinajstić information content (AvgIpc) is 2.97. The molecule has 1 atom stereocenters. The van der Waals surface area contributed by atoms with E-state index >= 15 is 0 Å². The van der Waals surface area contributed by atoms with E-state index in [1.807, 2.05) is 4.90 Å². The predicted molar refractivity (Wildman–Crippen MR) is 115 cm³/mol. The van der Waals surface area contributed by atoms with E-state index < -0.39 is 12.2 Å². The molecule has 1 aliphatic rings. The topological polar surface area (TPSA) is 43.8 Å². The first-order chi connectivity index (χ1) is 12.3. The molecular weight excluding hydrogens is 490 g/mol. The first-order valence-electron chi connectivity index (χ1n) is 8.97. The standard InChI is InChI=1S/C17H28F3N5S.HI/c1-5-14-12(2)26-15(23-14)6-7-22-16(21-4)25-10-8-24(9-11-25)13(3)17(18,19)20;/h13H,5-11H2,1-4H3,(H,21,22);1H. The van der Waals surface area contributed by atoms with Crippen LogP contribution in [0.1, 0.15) is 29.4 Å². The van der Waals surface area contributed by atoms with Gasteiger partial charge in [0.15, 0.2) is 5.96 Å². The number of rotatable bonds is 5. The number of halogens is 4. The van der Waals surface area contributed by atoms with E-state index in [1.54, 1.807) is 18.4 Å². The highest BCUT2D eigenvalue weighted by Crippen LogP contribution is 2.25. The molecule has 1 unspecified atom stereocenters. The van der Waals surface area contributed by atoms with Crippen LogP contribution in [0.15, 0.2) is 4.99 Å². The third-order valence-corrected chi connectivity index (χ3v) is 5.81. The van der Waals surface area contributed by atoms with Crippen LogP contribution in [0.5, 0.6) is 0 Å². The van der Waals surface area contributed by atoms with Crippen LogP contribution in [0.4, 0.5) is 13.2 Å². The normalized spacial score (nSPS) is 17.6. The summed E-state index contributed by atoms with van der Waals surface area (Å²) in [5.74, 6) is 0.744. The van der Waals surface area contributed by atoms with Gasteiger partial charge in [0.1, 0.15) is 6.04 Å². The Morgan fingerprint density at radius 1 is 1.30 bits per heavy atom. The lowest BCUT2D eigenvalue weighted by Crippen LogP contribution is -2.56. The van der Waals surface area contributed by atoms with Gasteiger partial charge in [0.05, 0.1) is 10.7 Å². The minimum atomic E-state index is -4.18. The molecule has 10 heteroatoms.